The molecule has 2 fully saturated rings. The molecule has 1 spiro atoms. The maximum absolute atomic E-state index is 11.7. The Morgan fingerprint density at radius 3 is 2.87 bits per heavy atom. The first-order valence-electron chi connectivity index (χ1n) is 5.46. The van der Waals surface area contributed by atoms with Gasteiger partial charge in [0.1, 0.15) is 0 Å². The summed E-state index contributed by atoms with van der Waals surface area (Å²) in [6.45, 7) is 3.07. The average Bonchev–Trinajstić information content (AvgIpc) is 2.67. The maximum atomic E-state index is 11.7. The molecular formula is C10H18N2O3. The molecule has 0 aromatic heterocycles. The van der Waals surface area contributed by atoms with Crippen LogP contribution in [0.4, 0.5) is 0 Å². The third kappa shape index (κ3) is 2.30. The summed E-state index contributed by atoms with van der Waals surface area (Å²) in [6.07, 6.45) is 1.85. The van der Waals surface area contributed by atoms with Gasteiger partial charge in [-0.3, -0.25) is 4.79 Å². The second kappa shape index (κ2) is 4.47. The van der Waals surface area contributed by atoms with E-state index in [0.29, 0.717) is 26.3 Å². The van der Waals surface area contributed by atoms with E-state index in [4.69, 9.17) is 9.47 Å². The predicted octanol–water partition coefficient (Wildman–Crippen LogP) is -0.429. The van der Waals surface area contributed by atoms with Crippen LogP contribution in [0.15, 0.2) is 0 Å². The number of likely N-dealkylation sites (tertiary alicyclic amines) is 1. The monoisotopic (exact) mass is 214 g/mol. The molecule has 0 aromatic rings. The van der Waals surface area contributed by atoms with Crippen molar-refractivity contribution in [2.75, 3.05) is 39.9 Å². The number of nitrogens with zero attached hydrogens (tertiary/aromatic N) is 1. The molecule has 0 unspecified atom stereocenters. The molecule has 2 heterocycles. The van der Waals surface area contributed by atoms with Crippen LogP contribution in [0.2, 0.25) is 0 Å². The standard InChI is InChI=1S/C10H18N2O3/c1-11-7-9(13)12-4-2-3-10(8-12)14-5-6-15-10/h11H,2-8H2,1H3. The van der Waals surface area contributed by atoms with Crippen molar-refractivity contribution < 1.29 is 14.3 Å². The molecule has 2 aliphatic rings. The average molecular weight is 214 g/mol. The fourth-order valence-corrected chi connectivity index (χ4v) is 2.20. The van der Waals surface area contributed by atoms with Crippen LogP contribution in [0.25, 0.3) is 0 Å². The summed E-state index contributed by atoms with van der Waals surface area (Å²) in [5.41, 5.74) is 0. The lowest BCUT2D eigenvalue weighted by Crippen LogP contribution is -2.52. The second-order valence-electron chi connectivity index (χ2n) is 4.06. The number of piperidine rings is 1. The summed E-state index contributed by atoms with van der Waals surface area (Å²) in [5.74, 6) is -0.377. The summed E-state index contributed by atoms with van der Waals surface area (Å²) in [4.78, 5) is 13.5. The van der Waals surface area contributed by atoms with Gasteiger partial charge in [-0.25, -0.2) is 0 Å². The van der Waals surface area contributed by atoms with Crippen LogP contribution in [0.5, 0.6) is 0 Å². The van der Waals surface area contributed by atoms with Crippen LogP contribution in [-0.4, -0.2) is 56.5 Å². The fourth-order valence-electron chi connectivity index (χ4n) is 2.20. The first kappa shape index (κ1) is 10.9. The van der Waals surface area contributed by atoms with Gasteiger partial charge >= 0.3 is 0 Å². The molecule has 86 valence electrons. The van der Waals surface area contributed by atoms with Crippen LogP contribution < -0.4 is 5.32 Å². The fraction of sp³-hybridized carbons (Fsp3) is 0.900. The number of hydrogen-bond acceptors (Lipinski definition) is 4. The number of amides is 1. The van der Waals surface area contributed by atoms with E-state index in [-0.39, 0.29) is 5.91 Å². The van der Waals surface area contributed by atoms with E-state index in [1.807, 2.05) is 4.90 Å². The van der Waals surface area contributed by atoms with Gasteiger partial charge in [0.2, 0.25) is 5.91 Å². The summed E-state index contributed by atoms with van der Waals surface area (Å²) in [5, 5.41) is 2.87. The number of ether oxygens (including phenoxy) is 2. The van der Waals surface area contributed by atoms with Gasteiger partial charge in [0, 0.05) is 13.0 Å². The molecule has 0 atom stereocenters. The Labute approximate surface area is 89.7 Å². The van der Waals surface area contributed by atoms with E-state index in [1.165, 1.54) is 0 Å². The molecule has 2 aliphatic heterocycles. The van der Waals surface area contributed by atoms with Crippen molar-refractivity contribution in [3.8, 4) is 0 Å². The maximum Gasteiger partial charge on any atom is 0.236 e. The zero-order valence-corrected chi connectivity index (χ0v) is 9.12. The van der Waals surface area contributed by atoms with Crippen molar-refractivity contribution in [2.24, 2.45) is 0 Å². The number of carbonyl (C=O) groups excluding carboxylic acids is 1. The highest BCUT2D eigenvalue weighted by Crippen LogP contribution is 2.29. The van der Waals surface area contributed by atoms with E-state index >= 15 is 0 Å². The first-order chi connectivity index (χ1) is 7.26. The van der Waals surface area contributed by atoms with E-state index in [9.17, 15) is 4.79 Å². The van der Waals surface area contributed by atoms with Crippen LogP contribution in [0.3, 0.4) is 0 Å². The van der Waals surface area contributed by atoms with Crippen molar-refractivity contribution in [1.29, 1.82) is 0 Å². The Morgan fingerprint density at radius 1 is 1.47 bits per heavy atom. The van der Waals surface area contributed by atoms with Crippen LogP contribution in [-0.2, 0) is 14.3 Å². The molecule has 0 saturated carbocycles. The Morgan fingerprint density at radius 2 is 2.20 bits per heavy atom. The highest BCUT2D eigenvalue weighted by Gasteiger charge is 2.41. The van der Waals surface area contributed by atoms with E-state index in [2.05, 4.69) is 5.32 Å². The van der Waals surface area contributed by atoms with Gasteiger partial charge in [-0.1, -0.05) is 0 Å². The summed E-state index contributed by atoms with van der Waals surface area (Å²) in [7, 11) is 1.78. The SMILES string of the molecule is CNCC(=O)N1CCCC2(C1)OCCO2. The molecule has 1 amide bonds. The van der Waals surface area contributed by atoms with Gasteiger partial charge in [-0.05, 0) is 13.5 Å². The van der Waals surface area contributed by atoms with Crippen molar-refractivity contribution >= 4 is 5.91 Å². The zero-order chi connectivity index (χ0) is 10.7. The molecule has 2 rings (SSSR count). The molecule has 0 aromatic carbocycles. The van der Waals surface area contributed by atoms with Gasteiger partial charge < -0.3 is 19.7 Å². The molecule has 0 radical (unpaired) electrons. The molecule has 1 N–H and O–H groups in total. The summed E-state index contributed by atoms with van der Waals surface area (Å²) < 4.78 is 11.2. The molecule has 2 saturated heterocycles. The molecule has 5 heteroatoms. The van der Waals surface area contributed by atoms with Crippen LogP contribution in [0.1, 0.15) is 12.8 Å². The minimum absolute atomic E-state index is 0.121. The van der Waals surface area contributed by atoms with Gasteiger partial charge in [0.25, 0.3) is 0 Å². The van der Waals surface area contributed by atoms with E-state index in [1.54, 1.807) is 7.05 Å². The zero-order valence-electron chi connectivity index (χ0n) is 9.12. The third-order valence-corrected chi connectivity index (χ3v) is 2.91. The van der Waals surface area contributed by atoms with E-state index in [0.717, 1.165) is 19.4 Å². The van der Waals surface area contributed by atoms with Crippen LogP contribution >= 0.6 is 0 Å². The highest BCUT2D eigenvalue weighted by atomic mass is 16.7. The van der Waals surface area contributed by atoms with Gasteiger partial charge in [-0.15, -0.1) is 0 Å². The quantitative estimate of drug-likeness (QED) is 0.678. The topological polar surface area (TPSA) is 50.8 Å². The summed E-state index contributed by atoms with van der Waals surface area (Å²) >= 11 is 0. The Balaban J connectivity index is 1.94. The minimum atomic E-state index is -0.498. The first-order valence-corrected chi connectivity index (χ1v) is 5.46. The highest BCUT2D eigenvalue weighted by molar-refractivity contribution is 5.78. The van der Waals surface area contributed by atoms with Crippen molar-refractivity contribution in [3.05, 3.63) is 0 Å². The predicted molar refractivity (Wildman–Crippen MR) is 54.4 cm³/mol. The van der Waals surface area contributed by atoms with Gasteiger partial charge in [0.15, 0.2) is 5.79 Å². The van der Waals surface area contributed by atoms with Crippen molar-refractivity contribution in [3.63, 3.8) is 0 Å². The Hall–Kier alpha value is -0.650. The Kier molecular flexibility index (Phi) is 3.23. The van der Waals surface area contributed by atoms with Gasteiger partial charge in [0.05, 0.1) is 26.3 Å². The van der Waals surface area contributed by atoms with Crippen molar-refractivity contribution in [1.82, 2.24) is 10.2 Å². The lowest BCUT2D eigenvalue weighted by Gasteiger charge is -2.38. The van der Waals surface area contributed by atoms with Gasteiger partial charge in [-0.2, -0.15) is 0 Å². The smallest absolute Gasteiger partial charge is 0.236 e. The molecule has 0 bridgehead atoms. The lowest BCUT2D eigenvalue weighted by atomic mass is 10.0. The molecular weight excluding hydrogens is 196 g/mol. The lowest BCUT2D eigenvalue weighted by molar-refractivity contribution is -0.192. The summed E-state index contributed by atoms with van der Waals surface area (Å²) in [6, 6.07) is 0. The van der Waals surface area contributed by atoms with Crippen LogP contribution in [0, 0.1) is 0 Å². The van der Waals surface area contributed by atoms with E-state index < -0.39 is 5.79 Å². The normalized spacial score (nSPS) is 24.7. The molecule has 0 aliphatic carbocycles. The molecule has 15 heavy (non-hydrogen) atoms. The third-order valence-electron chi connectivity index (χ3n) is 2.91. The molecule has 5 nitrogen and oxygen atoms in total. The minimum Gasteiger partial charge on any atom is -0.346 e. The second-order valence-corrected chi connectivity index (χ2v) is 4.06. The Bertz CT molecular complexity index is 239. The number of nitrogens with one attached hydrogen (secondary N) is 1. The number of carbonyl (C=O) groups is 1. The van der Waals surface area contributed by atoms with Crippen molar-refractivity contribution in [2.45, 2.75) is 18.6 Å². The number of hydrogen-bond donors (Lipinski definition) is 1. The largest absolute Gasteiger partial charge is 0.346 e. The number of likely N-dealkylation sites (N-methyl/N-ethyl adjacent to an activating group) is 1. The number of rotatable bonds is 2.